The normalized spacial score (nSPS) is 17.9. The lowest BCUT2D eigenvalue weighted by Crippen LogP contribution is -2.40. The zero-order chi connectivity index (χ0) is 17.2. The highest BCUT2D eigenvalue weighted by Crippen LogP contribution is 2.24. The summed E-state index contributed by atoms with van der Waals surface area (Å²) in [5.74, 6) is -0.912. The standard InChI is InChI=1S/C16H23NO5S/c1-10-8-14(16(18)19)9-15(11(10)2)23(20,21)17-12(3)13-4-6-22-7-5-13/h8-9,12-13,17H,4-7H2,1-3H3,(H,18,19). The van der Waals surface area contributed by atoms with E-state index >= 15 is 0 Å². The smallest absolute Gasteiger partial charge is 0.335 e. The van der Waals surface area contributed by atoms with Crippen LogP contribution in [0.5, 0.6) is 0 Å². The quantitative estimate of drug-likeness (QED) is 0.855. The van der Waals surface area contributed by atoms with Crippen LogP contribution in [0.1, 0.15) is 41.3 Å². The van der Waals surface area contributed by atoms with E-state index in [9.17, 15) is 13.2 Å². The second-order valence-corrected chi connectivity index (χ2v) is 7.76. The molecule has 0 spiro atoms. The predicted molar refractivity (Wildman–Crippen MR) is 86.2 cm³/mol. The maximum atomic E-state index is 12.7. The van der Waals surface area contributed by atoms with E-state index in [1.165, 1.54) is 12.1 Å². The monoisotopic (exact) mass is 341 g/mol. The van der Waals surface area contributed by atoms with Crippen LogP contribution in [0.25, 0.3) is 0 Å². The summed E-state index contributed by atoms with van der Waals surface area (Å²) in [6.07, 6.45) is 1.63. The van der Waals surface area contributed by atoms with Crippen LogP contribution in [0, 0.1) is 19.8 Å². The van der Waals surface area contributed by atoms with Gasteiger partial charge in [-0.3, -0.25) is 0 Å². The van der Waals surface area contributed by atoms with Gasteiger partial charge >= 0.3 is 5.97 Å². The third kappa shape index (κ3) is 4.10. The molecule has 1 heterocycles. The Kier molecular flexibility index (Phi) is 5.44. The molecule has 1 unspecified atom stereocenters. The fourth-order valence-corrected chi connectivity index (χ4v) is 4.50. The van der Waals surface area contributed by atoms with Gasteiger partial charge in [-0.1, -0.05) is 0 Å². The van der Waals surface area contributed by atoms with Gasteiger partial charge in [-0.15, -0.1) is 0 Å². The van der Waals surface area contributed by atoms with Crippen LogP contribution in [0.4, 0.5) is 0 Å². The van der Waals surface area contributed by atoms with Gasteiger partial charge in [0, 0.05) is 19.3 Å². The van der Waals surface area contributed by atoms with Crippen molar-refractivity contribution in [2.75, 3.05) is 13.2 Å². The Morgan fingerprint density at radius 3 is 2.48 bits per heavy atom. The summed E-state index contributed by atoms with van der Waals surface area (Å²) < 4.78 is 33.4. The minimum Gasteiger partial charge on any atom is -0.478 e. The maximum absolute atomic E-state index is 12.7. The zero-order valence-corrected chi connectivity index (χ0v) is 14.4. The summed E-state index contributed by atoms with van der Waals surface area (Å²) in [5, 5.41) is 9.15. The van der Waals surface area contributed by atoms with Gasteiger partial charge in [0.1, 0.15) is 0 Å². The lowest BCUT2D eigenvalue weighted by Gasteiger charge is -2.28. The number of carboxylic acid groups (broad SMARTS) is 1. The van der Waals surface area contributed by atoms with Crippen LogP contribution in [-0.4, -0.2) is 38.7 Å². The lowest BCUT2D eigenvalue weighted by atomic mass is 9.94. The number of carbonyl (C=O) groups is 1. The Hall–Kier alpha value is -1.44. The minimum absolute atomic E-state index is 0.0211. The summed E-state index contributed by atoms with van der Waals surface area (Å²) in [7, 11) is -3.77. The van der Waals surface area contributed by atoms with Gasteiger partial charge in [-0.2, -0.15) is 0 Å². The number of nitrogens with one attached hydrogen (secondary N) is 1. The molecule has 1 atom stereocenters. The van der Waals surface area contributed by atoms with Crippen LogP contribution in [0.15, 0.2) is 17.0 Å². The van der Waals surface area contributed by atoms with Crippen molar-refractivity contribution >= 4 is 16.0 Å². The van der Waals surface area contributed by atoms with Gasteiger partial charge in [-0.05, 0) is 62.8 Å². The molecular weight excluding hydrogens is 318 g/mol. The molecule has 1 saturated heterocycles. The number of hydrogen-bond donors (Lipinski definition) is 2. The Bertz CT molecular complexity index is 693. The first-order chi connectivity index (χ1) is 10.7. The average Bonchev–Trinajstić information content (AvgIpc) is 2.49. The van der Waals surface area contributed by atoms with E-state index in [4.69, 9.17) is 9.84 Å². The topological polar surface area (TPSA) is 92.7 Å². The second-order valence-electron chi connectivity index (χ2n) is 6.08. The molecule has 0 aromatic heterocycles. The highest BCUT2D eigenvalue weighted by molar-refractivity contribution is 7.89. The summed E-state index contributed by atoms with van der Waals surface area (Å²) in [5.41, 5.74) is 1.19. The third-order valence-corrected chi connectivity index (χ3v) is 6.16. The molecule has 1 aromatic rings. The maximum Gasteiger partial charge on any atom is 0.335 e. The fourth-order valence-electron chi connectivity index (χ4n) is 2.85. The number of benzene rings is 1. The first kappa shape index (κ1) is 17.9. The number of aromatic carboxylic acids is 1. The molecule has 0 amide bonds. The van der Waals surface area contributed by atoms with Crippen molar-refractivity contribution in [1.82, 2.24) is 4.72 Å². The Balaban J connectivity index is 2.30. The first-order valence-corrected chi connectivity index (χ1v) is 9.15. The lowest BCUT2D eigenvalue weighted by molar-refractivity contribution is 0.0585. The Labute approximate surface area is 136 Å². The predicted octanol–water partition coefficient (Wildman–Crippen LogP) is 2.10. The van der Waals surface area contributed by atoms with Crippen LogP contribution < -0.4 is 4.72 Å². The van der Waals surface area contributed by atoms with Gasteiger partial charge in [-0.25, -0.2) is 17.9 Å². The van der Waals surface area contributed by atoms with Crippen molar-refractivity contribution < 1.29 is 23.1 Å². The van der Waals surface area contributed by atoms with Gasteiger partial charge in [0.05, 0.1) is 10.5 Å². The van der Waals surface area contributed by atoms with Crippen molar-refractivity contribution in [2.45, 2.75) is 44.6 Å². The molecule has 6 nitrogen and oxygen atoms in total. The Morgan fingerprint density at radius 1 is 1.30 bits per heavy atom. The van der Waals surface area contributed by atoms with E-state index in [1.807, 2.05) is 6.92 Å². The molecule has 2 rings (SSSR count). The second kappa shape index (κ2) is 6.98. The molecule has 7 heteroatoms. The van der Waals surface area contributed by atoms with Gasteiger partial charge in [0.2, 0.25) is 10.0 Å². The first-order valence-electron chi connectivity index (χ1n) is 7.67. The van der Waals surface area contributed by atoms with Crippen molar-refractivity contribution in [2.24, 2.45) is 5.92 Å². The molecule has 0 saturated carbocycles. The summed E-state index contributed by atoms with van der Waals surface area (Å²) in [6.45, 7) is 6.53. The molecule has 23 heavy (non-hydrogen) atoms. The summed E-state index contributed by atoms with van der Waals surface area (Å²) in [4.78, 5) is 11.2. The molecule has 0 aliphatic carbocycles. The van der Waals surface area contributed by atoms with E-state index in [1.54, 1.807) is 13.8 Å². The highest BCUT2D eigenvalue weighted by Gasteiger charge is 2.27. The van der Waals surface area contributed by atoms with Crippen molar-refractivity contribution in [3.05, 3.63) is 28.8 Å². The largest absolute Gasteiger partial charge is 0.478 e. The third-order valence-electron chi connectivity index (χ3n) is 4.47. The van der Waals surface area contributed by atoms with E-state index in [0.29, 0.717) is 24.3 Å². The van der Waals surface area contributed by atoms with E-state index in [0.717, 1.165) is 12.8 Å². The van der Waals surface area contributed by atoms with Crippen LogP contribution in [0.3, 0.4) is 0 Å². The summed E-state index contributed by atoms with van der Waals surface area (Å²) in [6, 6.07) is 2.49. The van der Waals surface area contributed by atoms with Crippen molar-refractivity contribution in [1.29, 1.82) is 0 Å². The molecular formula is C16H23NO5S. The molecule has 1 aliphatic heterocycles. The minimum atomic E-state index is -3.77. The SMILES string of the molecule is Cc1cc(C(=O)O)cc(S(=O)(=O)NC(C)C2CCOCC2)c1C. The molecule has 1 fully saturated rings. The molecule has 128 valence electrons. The van der Waals surface area contributed by atoms with Crippen molar-refractivity contribution in [3.63, 3.8) is 0 Å². The van der Waals surface area contributed by atoms with Crippen LogP contribution >= 0.6 is 0 Å². The van der Waals surface area contributed by atoms with Crippen LogP contribution in [-0.2, 0) is 14.8 Å². The molecule has 0 radical (unpaired) electrons. The average molecular weight is 341 g/mol. The fraction of sp³-hybridized carbons (Fsp3) is 0.562. The summed E-state index contributed by atoms with van der Waals surface area (Å²) >= 11 is 0. The zero-order valence-electron chi connectivity index (χ0n) is 13.6. The highest BCUT2D eigenvalue weighted by atomic mass is 32.2. The number of hydrogen-bond acceptors (Lipinski definition) is 4. The number of carboxylic acids is 1. The number of rotatable bonds is 5. The Morgan fingerprint density at radius 2 is 1.91 bits per heavy atom. The van der Waals surface area contributed by atoms with Crippen molar-refractivity contribution in [3.8, 4) is 0 Å². The molecule has 0 bridgehead atoms. The van der Waals surface area contributed by atoms with E-state index in [2.05, 4.69) is 4.72 Å². The molecule has 1 aromatic carbocycles. The van der Waals surface area contributed by atoms with Crippen LogP contribution in [0.2, 0.25) is 0 Å². The number of sulfonamides is 1. The van der Waals surface area contributed by atoms with Gasteiger partial charge < -0.3 is 9.84 Å². The van der Waals surface area contributed by atoms with Gasteiger partial charge in [0.25, 0.3) is 0 Å². The number of aryl methyl sites for hydroxylation is 1. The van der Waals surface area contributed by atoms with E-state index < -0.39 is 16.0 Å². The van der Waals surface area contributed by atoms with E-state index in [-0.39, 0.29) is 22.4 Å². The molecule has 1 aliphatic rings. The number of ether oxygens (including phenoxy) is 1. The molecule has 2 N–H and O–H groups in total. The van der Waals surface area contributed by atoms with Gasteiger partial charge in [0.15, 0.2) is 0 Å².